The Hall–Kier alpha value is -2.05. The highest BCUT2D eigenvalue weighted by molar-refractivity contribution is 6.42. The van der Waals surface area contributed by atoms with Crippen LogP contribution in [-0.4, -0.2) is 19.7 Å². The fraction of sp³-hybridized carbons (Fsp3) is 0.353. The van der Waals surface area contributed by atoms with E-state index in [-0.39, 0.29) is 5.56 Å². The third-order valence-corrected chi connectivity index (χ3v) is 4.66. The van der Waals surface area contributed by atoms with E-state index < -0.39 is 0 Å². The second-order valence-corrected chi connectivity index (χ2v) is 6.64. The Bertz CT molecular complexity index is 934. The van der Waals surface area contributed by atoms with Gasteiger partial charge in [0.05, 0.1) is 16.2 Å². The Morgan fingerprint density at radius 3 is 2.84 bits per heavy atom. The molecule has 2 N–H and O–H groups in total. The lowest BCUT2D eigenvalue weighted by Gasteiger charge is -2.07. The SMILES string of the molecule is CCCCCn1ncc2nc(NCc3ccc(Cl)c(Cl)c3)[nH]c(=O)c21. The molecule has 0 bridgehead atoms. The standard InChI is InChI=1S/C17H19Cl2N5O/c1-2-3-4-7-24-15-14(10-21-24)22-17(23-16(15)25)20-9-11-5-6-12(18)13(19)8-11/h5-6,8,10H,2-4,7,9H2,1H3,(H2,20,22,23,25). The second kappa shape index (κ2) is 7.89. The van der Waals surface area contributed by atoms with Gasteiger partial charge in [0.2, 0.25) is 5.95 Å². The van der Waals surface area contributed by atoms with Crippen molar-refractivity contribution in [1.29, 1.82) is 0 Å². The van der Waals surface area contributed by atoms with Crippen molar-refractivity contribution in [1.82, 2.24) is 19.7 Å². The zero-order valence-corrected chi connectivity index (χ0v) is 15.4. The molecule has 0 radical (unpaired) electrons. The molecule has 132 valence electrons. The van der Waals surface area contributed by atoms with E-state index >= 15 is 0 Å². The molecule has 0 fully saturated rings. The first-order valence-electron chi connectivity index (χ1n) is 8.22. The van der Waals surface area contributed by atoms with Gasteiger partial charge in [-0.1, -0.05) is 49.0 Å². The first-order chi connectivity index (χ1) is 12.1. The molecule has 2 heterocycles. The lowest BCUT2D eigenvalue weighted by molar-refractivity contribution is 0.566. The van der Waals surface area contributed by atoms with Crippen LogP contribution in [0.15, 0.2) is 29.2 Å². The normalized spacial score (nSPS) is 11.2. The van der Waals surface area contributed by atoms with Crippen molar-refractivity contribution in [2.45, 2.75) is 39.3 Å². The Morgan fingerprint density at radius 2 is 2.08 bits per heavy atom. The molecule has 0 unspecified atom stereocenters. The van der Waals surface area contributed by atoms with Crippen molar-refractivity contribution in [3.63, 3.8) is 0 Å². The van der Waals surface area contributed by atoms with Crippen LogP contribution in [0.3, 0.4) is 0 Å². The highest BCUT2D eigenvalue weighted by atomic mass is 35.5. The number of halogens is 2. The number of H-pyrrole nitrogens is 1. The van der Waals surface area contributed by atoms with Gasteiger partial charge in [-0.15, -0.1) is 0 Å². The Labute approximate surface area is 155 Å². The quantitative estimate of drug-likeness (QED) is 0.602. The summed E-state index contributed by atoms with van der Waals surface area (Å²) in [6.07, 6.45) is 4.84. The Morgan fingerprint density at radius 1 is 1.24 bits per heavy atom. The number of fused-ring (bicyclic) bond motifs is 1. The van der Waals surface area contributed by atoms with Gasteiger partial charge < -0.3 is 5.32 Å². The number of rotatable bonds is 7. The molecule has 0 saturated heterocycles. The van der Waals surface area contributed by atoms with Crippen LogP contribution >= 0.6 is 23.2 Å². The third-order valence-electron chi connectivity index (χ3n) is 3.92. The number of aromatic nitrogens is 4. The molecule has 25 heavy (non-hydrogen) atoms. The number of unbranched alkanes of at least 4 members (excludes halogenated alkanes) is 2. The van der Waals surface area contributed by atoms with Gasteiger partial charge >= 0.3 is 0 Å². The van der Waals surface area contributed by atoms with E-state index in [4.69, 9.17) is 23.2 Å². The van der Waals surface area contributed by atoms with E-state index in [0.29, 0.717) is 33.6 Å². The first-order valence-corrected chi connectivity index (χ1v) is 8.97. The third kappa shape index (κ3) is 4.14. The molecule has 0 aliphatic carbocycles. The fourth-order valence-corrected chi connectivity index (χ4v) is 2.93. The highest BCUT2D eigenvalue weighted by Crippen LogP contribution is 2.22. The number of nitrogens with zero attached hydrogens (tertiary/aromatic N) is 3. The number of hydrogen-bond donors (Lipinski definition) is 2. The molecule has 3 rings (SSSR count). The van der Waals surface area contributed by atoms with Gasteiger partial charge in [0, 0.05) is 13.1 Å². The fourth-order valence-electron chi connectivity index (χ4n) is 2.61. The van der Waals surface area contributed by atoms with Crippen LogP contribution in [0.4, 0.5) is 5.95 Å². The summed E-state index contributed by atoms with van der Waals surface area (Å²) in [4.78, 5) is 19.6. The number of nitrogens with one attached hydrogen (secondary N) is 2. The predicted molar refractivity (Wildman–Crippen MR) is 101 cm³/mol. The summed E-state index contributed by atoms with van der Waals surface area (Å²) >= 11 is 11.9. The van der Waals surface area contributed by atoms with Crippen molar-refractivity contribution >= 4 is 40.2 Å². The molecule has 0 spiro atoms. The summed E-state index contributed by atoms with van der Waals surface area (Å²) < 4.78 is 1.72. The lowest BCUT2D eigenvalue weighted by atomic mass is 10.2. The smallest absolute Gasteiger partial charge is 0.278 e. The minimum absolute atomic E-state index is 0.198. The molecule has 2 aromatic heterocycles. The molecule has 1 aromatic carbocycles. The zero-order valence-electron chi connectivity index (χ0n) is 13.9. The molecule has 0 atom stereocenters. The lowest BCUT2D eigenvalue weighted by Crippen LogP contribution is -2.16. The van der Waals surface area contributed by atoms with Crippen molar-refractivity contribution in [2.24, 2.45) is 0 Å². The molecule has 3 aromatic rings. The number of aromatic amines is 1. The van der Waals surface area contributed by atoms with Crippen LogP contribution < -0.4 is 10.9 Å². The van der Waals surface area contributed by atoms with Crippen molar-refractivity contribution in [3.05, 3.63) is 50.4 Å². The minimum Gasteiger partial charge on any atom is -0.352 e. The van der Waals surface area contributed by atoms with Crippen LogP contribution in [0.1, 0.15) is 31.7 Å². The van der Waals surface area contributed by atoms with Crippen molar-refractivity contribution in [2.75, 3.05) is 5.32 Å². The topological polar surface area (TPSA) is 75.6 Å². The van der Waals surface area contributed by atoms with Gasteiger partial charge in [-0.05, 0) is 24.1 Å². The van der Waals surface area contributed by atoms with Gasteiger partial charge in [0.25, 0.3) is 5.56 Å². The molecule has 0 aliphatic rings. The molecular formula is C17H19Cl2N5O. The molecule has 0 aliphatic heterocycles. The Balaban J connectivity index is 1.76. The average molecular weight is 380 g/mol. The Kier molecular flexibility index (Phi) is 5.60. The van der Waals surface area contributed by atoms with Gasteiger partial charge in [-0.25, -0.2) is 4.98 Å². The van der Waals surface area contributed by atoms with Gasteiger partial charge in [-0.2, -0.15) is 5.10 Å². The average Bonchev–Trinajstić information content (AvgIpc) is 3.00. The van der Waals surface area contributed by atoms with E-state index in [1.807, 2.05) is 6.07 Å². The summed E-state index contributed by atoms with van der Waals surface area (Å²) in [5, 5.41) is 8.38. The monoisotopic (exact) mass is 379 g/mol. The molecule has 8 heteroatoms. The van der Waals surface area contributed by atoms with Gasteiger partial charge in [0.15, 0.2) is 5.52 Å². The number of anilines is 1. The van der Waals surface area contributed by atoms with E-state index in [2.05, 4.69) is 27.3 Å². The van der Waals surface area contributed by atoms with Crippen LogP contribution in [0.5, 0.6) is 0 Å². The molecule has 0 amide bonds. The van der Waals surface area contributed by atoms with Crippen LogP contribution in [0, 0.1) is 0 Å². The molecule has 6 nitrogen and oxygen atoms in total. The summed E-state index contributed by atoms with van der Waals surface area (Å²) in [5.41, 5.74) is 1.83. The predicted octanol–water partition coefficient (Wildman–Crippen LogP) is 4.23. The van der Waals surface area contributed by atoms with E-state index in [1.54, 1.807) is 23.0 Å². The number of aryl methyl sites for hydroxylation is 1. The maximum Gasteiger partial charge on any atom is 0.278 e. The summed E-state index contributed by atoms with van der Waals surface area (Å²) in [6, 6.07) is 5.38. The van der Waals surface area contributed by atoms with Gasteiger partial charge in [0.1, 0.15) is 5.52 Å². The molecular weight excluding hydrogens is 361 g/mol. The zero-order chi connectivity index (χ0) is 17.8. The number of hydrogen-bond acceptors (Lipinski definition) is 4. The van der Waals surface area contributed by atoms with Gasteiger partial charge in [-0.3, -0.25) is 14.5 Å². The largest absolute Gasteiger partial charge is 0.352 e. The van der Waals surface area contributed by atoms with Crippen molar-refractivity contribution in [3.8, 4) is 0 Å². The van der Waals surface area contributed by atoms with Crippen LogP contribution in [-0.2, 0) is 13.1 Å². The van der Waals surface area contributed by atoms with Crippen molar-refractivity contribution < 1.29 is 0 Å². The maximum atomic E-state index is 12.4. The minimum atomic E-state index is -0.198. The maximum absolute atomic E-state index is 12.4. The summed E-state index contributed by atoms with van der Waals surface area (Å²) in [6.45, 7) is 3.33. The van der Waals surface area contributed by atoms with E-state index in [9.17, 15) is 4.79 Å². The first kappa shape index (κ1) is 17.8. The highest BCUT2D eigenvalue weighted by Gasteiger charge is 2.10. The van der Waals surface area contributed by atoms with Crippen LogP contribution in [0.25, 0.3) is 11.0 Å². The van der Waals surface area contributed by atoms with E-state index in [0.717, 1.165) is 31.4 Å². The summed E-state index contributed by atoms with van der Waals surface area (Å²) in [5.74, 6) is 0.400. The van der Waals surface area contributed by atoms with E-state index in [1.165, 1.54) is 0 Å². The number of benzene rings is 1. The molecule has 0 saturated carbocycles. The van der Waals surface area contributed by atoms with Crippen LogP contribution in [0.2, 0.25) is 10.0 Å². The second-order valence-electron chi connectivity index (χ2n) is 5.83. The summed E-state index contributed by atoms with van der Waals surface area (Å²) in [7, 11) is 0.